The average molecular weight is 298 g/mol. The van der Waals surface area contributed by atoms with Crippen LogP contribution < -0.4 is 10.5 Å². The van der Waals surface area contributed by atoms with E-state index in [4.69, 9.17) is 10.5 Å². The van der Waals surface area contributed by atoms with Gasteiger partial charge in [-0.05, 0) is 37.6 Å². The standard InChI is InChI=1S/C16H14N2O2S/c1-9-8-10(2)18-15-12(9)13(17)14(21-15)16(19)20-11-6-4-3-5-7-11/h3-8H,17H2,1-2H3. The van der Waals surface area contributed by atoms with E-state index in [0.29, 0.717) is 16.3 Å². The summed E-state index contributed by atoms with van der Waals surface area (Å²) in [5.74, 6) is 0.0546. The lowest BCUT2D eigenvalue weighted by molar-refractivity contribution is 0.0741. The fraction of sp³-hybridized carbons (Fsp3) is 0.125. The summed E-state index contributed by atoms with van der Waals surface area (Å²) in [6.45, 7) is 3.89. The van der Waals surface area contributed by atoms with Crippen LogP contribution in [-0.4, -0.2) is 11.0 Å². The van der Waals surface area contributed by atoms with Gasteiger partial charge in [-0.2, -0.15) is 0 Å². The van der Waals surface area contributed by atoms with Crippen molar-refractivity contribution in [3.8, 4) is 5.75 Å². The first-order valence-corrected chi connectivity index (χ1v) is 7.31. The average Bonchev–Trinajstić information content (AvgIpc) is 2.77. The largest absolute Gasteiger partial charge is 0.422 e. The van der Waals surface area contributed by atoms with Crippen molar-refractivity contribution in [2.75, 3.05) is 5.73 Å². The van der Waals surface area contributed by atoms with Crippen molar-refractivity contribution >= 4 is 33.2 Å². The Labute approximate surface area is 126 Å². The van der Waals surface area contributed by atoms with Crippen molar-refractivity contribution in [3.05, 3.63) is 52.5 Å². The van der Waals surface area contributed by atoms with Gasteiger partial charge in [0.05, 0.1) is 5.69 Å². The molecule has 0 radical (unpaired) electrons. The van der Waals surface area contributed by atoms with Crippen molar-refractivity contribution < 1.29 is 9.53 Å². The number of hydrogen-bond acceptors (Lipinski definition) is 5. The third kappa shape index (κ3) is 2.48. The summed E-state index contributed by atoms with van der Waals surface area (Å²) in [5.41, 5.74) is 8.48. The highest BCUT2D eigenvalue weighted by Gasteiger charge is 2.20. The highest BCUT2D eigenvalue weighted by Crippen LogP contribution is 2.35. The molecule has 106 valence electrons. The Morgan fingerprint density at radius 1 is 1.24 bits per heavy atom. The summed E-state index contributed by atoms with van der Waals surface area (Å²) in [6.07, 6.45) is 0. The fourth-order valence-electron chi connectivity index (χ4n) is 2.26. The molecule has 2 aromatic heterocycles. The first-order chi connectivity index (χ1) is 10.1. The van der Waals surface area contributed by atoms with Gasteiger partial charge in [0, 0.05) is 11.1 Å². The molecule has 1 aromatic carbocycles. The van der Waals surface area contributed by atoms with Gasteiger partial charge in [0.1, 0.15) is 15.5 Å². The van der Waals surface area contributed by atoms with Crippen LogP contribution >= 0.6 is 11.3 Å². The molecule has 0 aliphatic heterocycles. The summed E-state index contributed by atoms with van der Waals surface area (Å²) in [4.78, 5) is 17.9. The molecule has 0 saturated heterocycles. The second-order valence-corrected chi connectivity index (χ2v) is 5.81. The topological polar surface area (TPSA) is 65.2 Å². The minimum absolute atomic E-state index is 0.398. The zero-order valence-electron chi connectivity index (χ0n) is 11.7. The maximum absolute atomic E-state index is 12.3. The number of fused-ring (bicyclic) bond motifs is 1. The number of nitrogen functional groups attached to an aromatic ring is 1. The van der Waals surface area contributed by atoms with Crippen LogP contribution in [0.15, 0.2) is 36.4 Å². The number of anilines is 1. The molecule has 0 spiro atoms. The number of rotatable bonds is 2. The van der Waals surface area contributed by atoms with Gasteiger partial charge in [-0.15, -0.1) is 11.3 Å². The molecule has 0 aliphatic rings. The number of esters is 1. The number of para-hydroxylation sites is 1. The van der Waals surface area contributed by atoms with Crippen LogP contribution in [-0.2, 0) is 0 Å². The van der Waals surface area contributed by atoms with Crippen LogP contribution in [0, 0.1) is 13.8 Å². The van der Waals surface area contributed by atoms with Gasteiger partial charge >= 0.3 is 5.97 Å². The van der Waals surface area contributed by atoms with Crippen LogP contribution in [0.25, 0.3) is 10.2 Å². The molecule has 21 heavy (non-hydrogen) atoms. The molecule has 0 amide bonds. The summed E-state index contributed by atoms with van der Waals surface area (Å²) < 4.78 is 5.34. The third-order valence-corrected chi connectivity index (χ3v) is 4.24. The quantitative estimate of drug-likeness (QED) is 0.578. The van der Waals surface area contributed by atoms with Gasteiger partial charge in [0.15, 0.2) is 0 Å². The monoisotopic (exact) mass is 298 g/mol. The number of pyridine rings is 1. The number of aryl methyl sites for hydroxylation is 2. The van der Waals surface area contributed by atoms with Crippen LogP contribution in [0.3, 0.4) is 0 Å². The first kappa shape index (κ1) is 13.6. The number of ether oxygens (including phenoxy) is 1. The van der Waals surface area contributed by atoms with Crippen molar-refractivity contribution in [2.24, 2.45) is 0 Å². The van der Waals surface area contributed by atoms with E-state index in [1.165, 1.54) is 11.3 Å². The van der Waals surface area contributed by atoms with Crippen molar-refractivity contribution in [3.63, 3.8) is 0 Å². The molecular weight excluding hydrogens is 284 g/mol. The van der Waals surface area contributed by atoms with E-state index in [0.717, 1.165) is 21.5 Å². The van der Waals surface area contributed by atoms with Gasteiger partial charge in [-0.1, -0.05) is 18.2 Å². The molecule has 2 N–H and O–H groups in total. The molecule has 0 unspecified atom stereocenters. The van der Waals surface area contributed by atoms with Crippen molar-refractivity contribution in [1.29, 1.82) is 0 Å². The van der Waals surface area contributed by atoms with E-state index in [1.807, 2.05) is 38.1 Å². The minimum atomic E-state index is -0.446. The van der Waals surface area contributed by atoms with Crippen LogP contribution in [0.5, 0.6) is 5.75 Å². The zero-order valence-corrected chi connectivity index (χ0v) is 12.5. The Hall–Kier alpha value is -2.40. The van der Waals surface area contributed by atoms with Crippen molar-refractivity contribution in [1.82, 2.24) is 4.98 Å². The number of nitrogens with zero attached hydrogens (tertiary/aromatic N) is 1. The number of nitrogens with two attached hydrogens (primary N) is 1. The highest BCUT2D eigenvalue weighted by atomic mass is 32.1. The number of carbonyl (C=O) groups is 1. The number of hydrogen-bond donors (Lipinski definition) is 1. The second-order valence-electron chi connectivity index (χ2n) is 4.81. The lowest BCUT2D eigenvalue weighted by Gasteiger charge is -2.03. The number of aromatic nitrogens is 1. The predicted molar refractivity (Wildman–Crippen MR) is 84.9 cm³/mol. The smallest absolute Gasteiger partial charge is 0.355 e. The Morgan fingerprint density at radius 3 is 2.67 bits per heavy atom. The van der Waals surface area contributed by atoms with E-state index in [1.54, 1.807) is 12.1 Å². The maximum Gasteiger partial charge on any atom is 0.355 e. The number of thiophene rings is 1. The van der Waals surface area contributed by atoms with Crippen LogP contribution in [0.1, 0.15) is 20.9 Å². The van der Waals surface area contributed by atoms with Gasteiger partial charge in [0.2, 0.25) is 0 Å². The van der Waals surface area contributed by atoms with E-state index < -0.39 is 5.97 Å². The normalized spacial score (nSPS) is 10.8. The molecule has 3 aromatic rings. The Kier molecular flexibility index (Phi) is 3.35. The van der Waals surface area contributed by atoms with E-state index in [-0.39, 0.29) is 0 Å². The maximum atomic E-state index is 12.3. The molecule has 0 bridgehead atoms. The molecule has 0 aliphatic carbocycles. The lowest BCUT2D eigenvalue weighted by Crippen LogP contribution is -2.08. The van der Waals surface area contributed by atoms with Crippen LogP contribution in [0.4, 0.5) is 5.69 Å². The number of benzene rings is 1. The summed E-state index contributed by atoms with van der Waals surface area (Å²) in [7, 11) is 0. The molecule has 5 heteroatoms. The summed E-state index contributed by atoms with van der Waals surface area (Å²) >= 11 is 1.27. The Morgan fingerprint density at radius 2 is 1.95 bits per heavy atom. The predicted octanol–water partition coefficient (Wildman–Crippen LogP) is 3.71. The fourth-order valence-corrected chi connectivity index (χ4v) is 3.36. The van der Waals surface area contributed by atoms with Gasteiger partial charge in [0.25, 0.3) is 0 Å². The van der Waals surface area contributed by atoms with Crippen molar-refractivity contribution in [2.45, 2.75) is 13.8 Å². The molecular formula is C16H14N2O2S. The molecule has 3 rings (SSSR count). The minimum Gasteiger partial charge on any atom is -0.422 e. The first-order valence-electron chi connectivity index (χ1n) is 6.49. The summed E-state index contributed by atoms with van der Waals surface area (Å²) in [6, 6.07) is 10.9. The Balaban J connectivity index is 2.03. The third-order valence-electron chi connectivity index (χ3n) is 3.16. The SMILES string of the molecule is Cc1cc(C)c2c(N)c(C(=O)Oc3ccccc3)sc2n1. The van der Waals surface area contributed by atoms with Gasteiger partial charge in [-0.25, -0.2) is 9.78 Å². The van der Waals surface area contributed by atoms with Crippen LogP contribution in [0.2, 0.25) is 0 Å². The number of carbonyl (C=O) groups excluding carboxylic acids is 1. The van der Waals surface area contributed by atoms with E-state index >= 15 is 0 Å². The summed E-state index contributed by atoms with van der Waals surface area (Å²) in [5, 5.41) is 0.839. The van der Waals surface area contributed by atoms with E-state index in [9.17, 15) is 4.79 Å². The molecule has 0 saturated carbocycles. The Bertz CT molecular complexity index is 825. The zero-order chi connectivity index (χ0) is 15.0. The highest BCUT2D eigenvalue weighted by molar-refractivity contribution is 7.21. The van der Waals surface area contributed by atoms with Gasteiger partial charge < -0.3 is 10.5 Å². The van der Waals surface area contributed by atoms with Gasteiger partial charge in [-0.3, -0.25) is 0 Å². The van der Waals surface area contributed by atoms with E-state index in [2.05, 4.69) is 4.98 Å². The lowest BCUT2D eigenvalue weighted by atomic mass is 10.1. The second kappa shape index (κ2) is 5.18. The molecule has 0 atom stereocenters. The molecule has 2 heterocycles. The molecule has 4 nitrogen and oxygen atoms in total. The molecule has 0 fully saturated rings.